The maximum Gasteiger partial charge on any atom is 0.220 e. The first kappa shape index (κ1) is 9.56. The van der Waals surface area contributed by atoms with Gasteiger partial charge in [0.25, 0.3) is 0 Å². The first-order chi connectivity index (χ1) is 5.47. The Bertz CT molecular complexity index is 188. The molecule has 0 aromatic heterocycles. The number of piperidine rings is 1. The molecule has 1 fully saturated rings. The Morgan fingerprint density at radius 2 is 2.17 bits per heavy atom. The molecule has 2 unspecified atom stereocenters. The molecule has 1 aliphatic rings. The monoisotopic (exact) mass is 169 g/mol. The molecular formula is C10H19NO. The molecule has 0 bridgehead atoms. The number of carbonyl (C=O) groups is 1. The number of hydrogen-bond donors (Lipinski definition) is 1. The van der Waals surface area contributed by atoms with Crippen molar-refractivity contribution in [1.82, 2.24) is 5.32 Å². The number of hydrogen-bond acceptors (Lipinski definition) is 1. The molecule has 1 N–H and O–H groups in total. The molecule has 2 nitrogen and oxygen atoms in total. The second-order valence-electron chi connectivity index (χ2n) is 4.54. The van der Waals surface area contributed by atoms with E-state index in [4.69, 9.17) is 0 Å². The molecule has 70 valence electrons. The van der Waals surface area contributed by atoms with Crippen molar-refractivity contribution >= 4 is 5.91 Å². The lowest BCUT2D eigenvalue weighted by atomic mass is 9.66. The molecule has 1 aliphatic heterocycles. The van der Waals surface area contributed by atoms with Crippen molar-refractivity contribution in [3.05, 3.63) is 0 Å². The van der Waals surface area contributed by atoms with Crippen molar-refractivity contribution in [2.24, 2.45) is 17.3 Å². The lowest BCUT2D eigenvalue weighted by Gasteiger charge is -2.42. The van der Waals surface area contributed by atoms with Crippen molar-refractivity contribution in [2.75, 3.05) is 6.54 Å². The Labute approximate surface area is 74.7 Å². The largest absolute Gasteiger partial charge is 0.356 e. The van der Waals surface area contributed by atoms with E-state index >= 15 is 0 Å². The van der Waals surface area contributed by atoms with E-state index in [1.54, 1.807) is 0 Å². The molecule has 1 amide bonds. The van der Waals surface area contributed by atoms with Crippen LogP contribution in [0, 0.1) is 17.3 Å². The van der Waals surface area contributed by atoms with Crippen LogP contribution in [0.4, 0.5) is 0 Å². The molecule has 12 heavy (non-hydrogen) atoms. The first-order valence-corrected chi connectivity index (χ1v) is 4.73. The van der Waals surface area contributed by atoms with Crippen molar-refractivity contribution in [2.45, 2.75) is 34.1 Å². The average Bonchev–Trinajstić information content (AvgIpc) is 1.97. The van der Waals surface area contributed by atoms with E-state index in [1.807, 2.05) is 0 Å². The van der Waals surface area contributed by atoms with Crippen LogP contribution in [0.15, 0.2) is 0 Å². The van der Waals surface area contributed by atoms with E-state index in [0.717, 1.165) is 6.54 Å². The van der Waals surface area contributed by atoms with Crippen molar-refractivity contribution in [3.8, 4) is 0 Å². The average molecular weight is 169 g/mol. The summed E-state index contributed by atoms with van der Waals surface area (Å²) in [6, 6.07) is 0. The molecule has 0 spiro atoms. The van der Waals surface area contributed by atoms with Crippen molar-refractivity contribution in [3.63, 3.8) is 0 Å². The fraction of sp³-hybridized carbons (Fsp3) is 0.900. The molecule has 1 saturated heterocycles. The first-order valence-electron chi connectivity index (χ1n) is 4.73. The summed E-state index contributed by atoms with van der Waals surface area (Å²) in [5.74, 6) is 1.39. The van der Waals surface area contributed by atoms with E-state index in [-0.39, 0.29) is 11.3 Å². The lowest BCUT2D eigenvalue weighted by Crippen LogP contribution is -2.48. The minimum atomic E-state index is 0.197. The van der Waals surface area contributed by atoms with Crippen LogP contribution >= 0.6 is 0 Å². The van der Waals surface area contributed by atoms with Crippen LogP contribution in [-0.4, -0.2) is 12.5 Å². The van der Waals surface area contributed by atoms with Crippen LogP contribution in [0.3, 0.4) is 0 Å². The molecule has 0 aliphatic carbocycles. The molecule has 1 rings (SSSR count). The van der Waals surface area contributed by atoms with Crippen LogP contribution in [0.25, 0.3) is 0 Å². The number of nitrogens with one attached hydrogen (secondary N) is 1. The predicted octanol–water partition coefficient (Wildman–Crippen LogP) is 1.80. The highest BCUT2D eigenvalue weighted by molar-refractivity contribution is 5.77. The number of amides is 1. The van der Waals surface area contributed by atoms with Gasteiger partial charge in [-0.05, 0) is 17.3 Å². The van der Waals surface area contributed by atoms with Gasteiger partial charge in [0.1, 0.15) is 0 Å². The second-order valence-corrected chi connectivity index (χ2v) is 4.54. The summed E-state index contributed by atoms with van der Waals surface area (Å²) in [6.07, 6.45) is 0.686. The van der Waals surface area contributed by atoms with Crippen LogP contribution < -0.4 is 5.32 Å². The SMILES string of the molecule is CC(C)C1(C)CC(=O)NCC1C. The Balaban J connectivity index is 2.77. The van der Waals surface area contributed by atoms with Gasteiger partial charge in [-0.25, -0.2) is 0 Å². The topological polar surface area (TPSA) is 29.1 Å². The van der Waals surface area contributed by atoms with Gasteiger partial charge in [-0.1, -0.05) is 27.7 Å². The van der Waals surface area contributed by atoms with Gasteiger partial charge in [-0.2, -0.15) is 0 Å². The van der Waals surface area contributed by atoms with E-state index in [9.17, 15) is 4.79 Å². The van der Waals surface area contributed by atoms with Gasteiger partial charge in [-0.3, -0.25) is 4.79 Å². The zero-order valence-corrected chi connectivity index (χ0v) is 8.48. The third-order valence-corrected chi connectivity index (χ3v) is 3.59. The van der Waals surface area contributed by atoms with E-state index in [1.165, 1.54) is 0 Å². The van der Waals surface area contributed by atoms with Gasteiger partial charge in [0.15, 0.2) is 0 Å². The normalized spacial score (nSPS) is 36.8. The number of carbonyl (C=O) groups excluding carboxylic acids is 1. The molecular weight excluding hydrogens is 150 g/mol. The highest BCUT2D eigenvalue weighted by Gasteiger charge is 2.39. The highest BCUT2D eigenvalue weighted by Crippen LogP contribution is 2.40. The highest BCUT2D eigenvalue weighted by atomic mass is 16.1. The van der Waals surface area contributed by atoms with Crippen LogP contribution in [-0.2, 0) is 4.79 Å². The quantitative estimate of drug-likeness (QED) is 0.637. The third-order valence-electron chi connectivity index (χ3n) is 3.59. The minimum absolute atomic E-state index is 0.197. The Kier molecular flexibility index (Phi) is 2.45. The maximum atomic E-state index is 11.2. The van der Waals surface area contributed by atoms with Crippen LogP contribution in [0.5, 0.6) is 0 Å². The van der Waals surface area contributed by atoms with Crippen molar-refractivity contribution < 1.29 is 4.79 Å². The fourth-order valence-electron chi connectivity index (χ4n) is 1.86. The standard InChI is InChI=1S/C10H19NO/c1-7(2)10(4)5-9(12)11-6-8(10)3/h7-8H,5-6H2,1-4H3,(H,11,12). The Morgan fingerprint density at radius 1 is 1.58 bits per heavy atom. The minimum Gasteiger partial charge on any atom is -0.356 e. The summed E-state index contributed by atoms with van der Waals surface area (Å²) in [5.41, 5.74) is 0.197. The van der Waals surface area contributed by atoms with E-state index in [0.29, 0.717) is 18.3 Å². The molecule has 2 heteroatoms. The van der Waals surface area contributed by atoms with Gasteiger partial charge in [0, 0.05) is 13.0 Å². The van der Waals surface area contributed by atoms with Crippen LogP contribution in [0.1, 0.15) is 34.1 Å². The zero-order chi connectivity index (χ0) is 9.35. The molecule has 1 heterocycles. The van der Waals surface area contributed by atoms with Gasteiger partial charge in [0.05, 0.1) is 0 Å². The summed E-state index contributed by atoms with van der Waals surface area (Å²) in [7, 11) is 0. The molecule has 2 atom stereocenters. The van der Waals surface area contributed by atoms with Gasteiger partial charge >= 0.3 is 0 Å². The summed E-state index contributed by atoms with van der Waals surface area (Å²) in [6.45, 7) is 9.69. The lowest BCUT2D eigenvalue weighted by molar-refractivity contribution is -0.128. The van der Waals surface area contributed by atoms with E-state index < -0.39 is 0 Å². The third kappa shape index (κ3) is 1.47. The summed E-state index contributed by atoms with van der Waals surface area (Å²) >= 11 is 0. The summed E-state index contributed by atoms with van der Waals surface area (Å²) in [4.78, 5) is 11.2. The van der Waals surface area contributed by atoms with Gasteiger partial charge in [-0.15, -0.1) is 0 Å². The zero-order valence-electron chi connectivity index (χ0n) is 8.48. The molecule has 0 aromatic rings. The van der Waals surface area contributed by atoms with Gasteiger partial charge < -0.3 is 5.32 Å². The predicted molar refractivity (Wildman–Crippen MR) is 49.7 cm³/mol. The smallest absolute Gasteiger partial charge is 0.220 e. The van der Waals surface area contributed by atoms with Gasteiger partial charge in [0.2, 0.25) is 5.91 Å². The Morgan fingerprint density at radius 3 is 2.58 bits per heavy atom. The fourth-order valence-corrected chi connectivity index (χ4v) is 1.86. The second kappa shape index (κ2) is 3.08. The van der Waals surface area contributed by atoms with Crippen molar-refractivity contribution in [1.29, 1.82) is 0 Å². The Hall–Kier alpha value is -0.530. The summed E-state index contributed by atoms with van der Waals surface area (Å²) < 4.78 is 0. The van der Waals surface area contributed by atoms with E-state index in [2.05, 4.69) is 33.0 Å². The maximum absolute atomic E-state index is 11.2. The summed E-state index contributed by atoms with van der Waals surface area (Å²) in [5, 5.41) is 2.90. The molecule has 0 saturated carbocycles. The number of rotatable bonds is 1. The molecule has 0 radical (unpaired) electrons. The van der Waals surface area contributed by atoms with Crippen LogP contribution in [0.2, 0.25) is 0 Å². The molecule has 0 aromatic carbocycles.